The topological polar surface area (TPSA) is 98.2 Å². The minimum atomic E-state index is -0.778. The van der Waals surface area contributed by atoms with Crippen LogP contribution in [0.5, 0.6) is 0 Å². The zero-order chi connectivity index (χ0) is 12.1. The molecular formula is C11H15N3O2. The van der Waals surface area contributed by atoms with Gasteiger partial charge in [-0.05, 0) is 12.5 Å². The minimum absolute atomic E-state index is 0.196. The number of nitrogens with two attached hydrogens (primary N) is 2. The van der Waals surface area contributed by atoms with Crippen LogP contribution in [0.3, 0.4) is 0 Å². The number of carbonyl (C=O) groups excluding carboxylic acids is 2. The number of carbonyl (C=O) groups is 2. The van der Waals surface area contributed by atoms with E-state index in [2.05, 4.69) is 5.32 Å². The Kier molecular flexibility index (Phi) is 4.02. The fourth-order valence-corrected chi connectivity index (χ4v) is 1.21. The van der Waals surface area contributed by atoms with Crippen molar-refractivity contribution in [3.8, 4) is 0 Å². The predicted molar refractivity (Wildman–Crippen MR) is 60.3 cm³/mol. The van der Waals surface area contributed by atoms with Crippen molar-refractivity contribution in [1.82, 2.24) is 5.32 Å². The van der Waals surface area contributed by atoms with Gasteiger partial charge in [0.1, 0.15) is 6.04 Å². The summed E-state index contributed by atoms with van der Waals surface area (Å²) >= 11 is 0. The molecule has 2 amide bonds. The van der Waals surface area contributed by atoms with Crippen molar-refractivity contribution in [3.05, 3.63) is 35.4 Å². The molecule has 0 heterocycles. The minimum Gasteiger partial charge on any atom is -0.368 e. The van der Waals surface area contributed by atoms with Gasteiger partial charge in [-0.2, -0.15) is 0 Å². The molecule has 1 rings (SSSR count). The molecule has 0 aliphatic carbocycles. The van der Waals surface area contributed by atoms with Crippen LogP contribution >= 0.6 is 0 Å². The van der Waals surface area contributed by atoms with E-state index in [1.54, 1.807) is 12.1 Å². The zero-order valence-electron chi connectivity index (χ0n) is 9.07. The number of amides is 2. The molecule has 0 aliphatic heterocycles. The van der Waals surface area contributed by atoms with Crippen LogP contribution in [0.1, 0.15) is 17.2 Å². The smallest absolute Gasteiger partial charge is 0.241 e. The van der Waals surface area contributed by atoms with E-state index in [4.69, 9.17) is 11.5 Å². The largest absolute Gasteiger partial charge is 0.368 e. The standard InChI is InChI=1S/C11H15N3O2/c1-7-2-4-8(5-3-7)10(13)11(16)14-6-9(12)15/h2-5,10H,6,13H2,1H3,(H2,12,15)(H,14,16). The molecule has 1 aromatic rings. The van der Waals surface area contributed by atoms with Gasteiger partial charge in [-0.15, -0.1) is 0 Å². The molecule has 0 saturated heterocycles. The summed E-state index contributed by atoms with van der Waals surface area (Å²) in [5.74, 6) is -1.01. The fourth-order valence-electron chi connectivity index (χ4n) is 1.21. The average molecular weight is 221 g/mol. The van der Waals surface area contributed by atoms with E-state index in [1.165, 1.54) is 0 Å². The monoisotopic (exact) mass is 221 g/mol. The quantitative estimate of drug-likeness (QED) is 0.645. The van der Waals surface area contributed by atoms with Crippen molar-refractivity contribution in [2.75, 3.05) is 6.54 Å². The molecule has 1 atom stereocenters. The van der Waals surface area contributed by atoms with E-state index in [0.717, 1.165) is 5.56 Å². The Morgan fingerprint density at radius 1 is 1.31 bits per heavy atom. The molecule has 0 aromatic heterocycles. The van der Waals surface area contributed by atoms with Gasteiger partial charge in [0, 0.05) is 0 Å². The molecule has 0 spiro atoms. The molecule has 0 radical (unpaired) electrons. The van der Waals surface area contributed by atoms with E-state index in [0.29, 0.717) is 5.56 Å². The average Bonchev–Trinajstić information content (AvgIpc) is 2.26. The second kappa shape index (κ2) is 5.27. The van der Waals surface area contributed by atoms with Gasteiger partial charge in [0.15, 0.2) is 0 Å². The number of primary amides is 1. The van der Waals surface area contributed by atoms with Crippen LogP contribution in [-0.2, 0) is 9.59 Å². The second-order valence-corrected chi connectivity index (χ2v) is 3.57. The summed E-state index contributed by atoms with van der Waals surface area (Å²) in [7, 11) is 0. The number of hydrogen-bond acceptors (Lipinski definition) is 3. The first kappa shape index (κ1) is 12.2. The first-order chi connectivity index (χ1) is 7.50. The van der Waals surface area contributed by atoms with Crippen molar-refractivity contribution < 1.29 is 9.59 Å². The van der Waals surface area contributed by atoms with Crippen LogP contribution in [-0.4, -0.2) is 18.4 Å². The molecule has 5 nitrogen and oxygen atoms in total. The van der Waals surface area contributed by atoms with Crippen LogP contribution in [0.4, 0.5) is 0 Å². The Hall–Kier alpha value is -1.88. The Morgan fingerprint density at radius 2 is 1.88 bits per heavy atom. The highest BCUT2D eigenvalue weighted by molar-refractivity contribution is 5.87. The number of benzene rings is 1. The lowest BCUT2D eigenvalue weighted by Gasteiger charge is -2.11. The van der Waals surface area contributed by atoms with E-state index >= 15 is 0 Å². The normalized spacial score (nSPS) is 11.9. The summed E-state index contributed by atoms with van der Waals surface area (Å²) in [6, 6.07) is 6.53. The fraction of sp³-hybridized carbons (Fsp3) is 0.273. The highest BCUT2D eigenvalue weighted by atomic mass is 16.2. The lowest BCUT2D eigenvalue weighted by molar-refractivity contribution is -0.125. The summed E-state index contributed by atoms with van der Waals surface area (Å²) in [4.78, 5) is 22.0. The van der Waals surface area contributed by atoms with E-state index in [-0.39, 0.29) is 6.54 Å². The Bertz CT molecular complexity index is 387. The molecular weight excluding hydrogens is 206 g/mol. The van der Waals surface area contributed by atoms with Crippen LogP contribution in [0.2, 0.25) is 0 Å². The molecule has 0 saturated carbocycles. The van der Waals surface area contributed by atoms with Crippen LogP contribution < -0.4 is 16.8 Å². The maximum atomic E-state index is 11.5. The Balaban J connectivity index is 2.63. The third-order valence-electron chi connectivity index (χ3n) is 2.16. The summed E-state index contributed by atoms with van der Waals surface area (Å²) < 4.78 is 0. The Morgan fingerprint density at radius 3 is 2.38 bits per heavy atom. The second-order valence-electron chi connectivity index (χ2n) is 3.57. The third kappa shape index (κ3) is 3.36. The summed E-state index contributed by atoms with van der Waals surface area (Å²) in [5, 5.41) is 2.36. The molecule has 0 bridgehead atoms. The first-order valence-electron chi connectivity index (χ1n) is 4.89. The molecule has 5 N–H and O–H groups in total. The van der Waals surface area contributed by atoms with Crippen molar-refractivity contribution in [1.29, 1.82) is 0 Å². The molecule has 1 unspecified atom stereocenters. The lowest BCUT2D eigenvalue weighted by atomic mass is 10.1. The van der Waals surface area contributed by atoms with Crippen LogP contribution in [0, 0.1) is 6.92 Å². The first-order valence-corrected chi connectivity index (χ1v) is 4.89. The van der Waals surface area contributed by atoms with Crippen LogP contribution in [0.15, 0.2) is 24.3 Å². The van der Waals surface area contributed by atoms with Gasteiger partial charge in [-0.1, -0.05) is 29.8 Å². The Labute approximate surface area is 93.8 Å². The van der Waals surface area contributed by atoms with Gasteiger partial charge < -0.3 is 16.8 Å². The van der Waals surface area contributed by atoms with Crippen molar-refractivity contribution in [2.24, 2.45) is 11.5 Å². The summed E-state index contributed by atoms with van der Waals surface area (Å²) in [6.07, 6.45) is 0. The number of aryl methyl sites for hydroxylation is 1. The summed E-state index contributed by atoms with van der Waals surface area (Å²) in [6.45, 7) is 1.75. The maximum absolute atomic E-state index is 11.5. The number of hydrogen-bond donors (Lipinski definition) is 3. The van der Waals surface area contributed by atoms with Gasteiger partial charge in [0.25, 0.3) is 0 Å². The van der Waals surface area contributed by atoms with Gasteiger partial charge in [0.2, 0.25) is 11.8 Å². The van der Waals surface area contributed by atoms with Crippen molar-refractivity contribution in [3.63, 3.8) is 0 Å². The van der Waals surface area contributed by atoms with E-state index < -0.39 is 17.9 Å². The lowest BCUT2D eigenvalue weighted by Crippen LogP contribution is -2.39. The number of rotatable bonds is 4. The summed E-state index contributed by atoms with van der Waals surface area (Å²) in [5.41, 5.74) is 12.4. The van der Waals surface area contributed by atoms with Gasteiger partial charge in [-0.3, -0.25) is 9.59 Å². The molecule has 16 heavy (non-hydrogen) atoms. The van der Waals surface area contributed by atoms with Crippen LogP contribution in [0.25, 0.3) is 0 Å². The van der Waals surface area contributed by atoms with Crippen molar-refractivity contribution >= 4 is 11.8 Å². The maximum Gasteiger partial charge on any atom is 0.241 e. The highest BCUT2D eigenvalue weighted by Gasteiger charge is 2.15. The number of nitrogens with one attached hydrogen (secondary N) is 1. The van der Waals surface area contributed by atoms with E-state index in [1.807, 2.05) is 19.1 Å². The SMILES string of the molecule is Cc1ccc(C(N)C(=O)NCC(N)=O)cc1. The van der Waals surface area contributed by atoms with Crippen molar-refractivity contribution in [2.45, 2.75) is 13.0 Å². The third-order valence-corrected chi connectivity index (χ3v) is 2.16. The van der Waals surface area contributed by atoms with Gasteiger partial charge in [-0.25, -0.2) is 0 Å². The molecule has 86 valence electrons. The highest BCUT2D eigenvalue weighted by Crippen LogP contribution is 2.11. The van der Waals surface area contributed by atoms with Gasteiger partial charge in [0.05, 0.1) is 6.54 Å². The predicted octanol–water partition coefficient (Wildman–Crippen LogP) is -0.404. The molecule has 0 fully saturated rings. The zero-order valence-corrected chi connectivity index (χ0v) is 9.07. The molecule has 0 aliphatic rings. The van der Waals surface area contributed by atoms with Gasteiger partial charge >= 0.3 is 0 Å². The molecule has 1 aromatic carbocycles. The molecule has 5 heteroatoms. The van der Waals surface area contributed by atoms with E-state index in [9.17, 15) is 9.59 Å².